The Bertz CT molecular complexity index is 564. The van der Waals surface area contributed by atoms with Gasteiger partial charge in [0, 0.05) is 12.3 Å². The molecule has 0 bridgehead atoms. The molecule has 4 nitrogen and oxygen atoms in total. The first-order chi connectivity index (χ1) is 9.83. The molecular formula is C15H18FN3O. The number of aromatic nitrogens is 2. The lowest BCUT2D eigenvalue weighted by atomic mass is 9.98. The van der Waals surface area contributed by atoms with Crippen molar-refractivity contribution in [3.8, 4) is 0 Å². The molecule has 1 aliphatic heterocycles. The number of aryl methyl sites for hydroxylation is 2. The third-order valence-corrected chi connectivity index (χ3v) is 3.75. The van der Waals surface area contributed by atoms with Gasteiger partial charge in [0.05, 0.1) is 0 Å². The Kier molecular flexibility index (Phi) is 4.06. The van der Waals surface area contributed by atoms with Crippen LogP contribution in [0.1, 0.15) is 36.0 Å². The molecule has 0 unspecified atom stereocenters. The van der Waals surface area contributed by atoms with Crippen molar-refractivity contribution < 1.29 is 8.91 Å². The second kappa shape index (κ2) is 6.13. The predicted molar refractivity (Wildman–Crippen MR) is 73.0 cm³/mol. The fourth-order valence-electron chi connectivity index (χ4n) is 2.56. The van der Waals surface area contributed by atoms with Crippen molar-refractivity contribution in [3.05, 3.63) is 47.4 Å². The number of nitrogens with one attached hydrogen (secondary N) is 1. The molecule has 2 heterocycles. The topological polar surface area (TPSA) is 51.0 Å². The fourth-order valence-corrected chi connectivity index (χ4v) is 2.56. The van der Waals surface area contributed by atoms with Gasteiger partial charge in [-0.15, -0.1) is 0 Å². The second-order valence-electron chi connectivity index (χ2n) is 5.16. The maximum atomic E-state index is 13.5. The third-order valence-electron chi connectivity index (χ3n) is 3.75. The van der Waals surface area contributed by atoms with E-state index in [1.807, 2.05) is 6.07 Å². The summed E-state index contributed by atoms with van der Waals surface area (Å²) in [7, 11) is 0. The molecule has 1 aromatic carbocycles. The molecule has 0 amide bonds. The van der Waals surface area contributed by atoms with Gasteiger partial charge in [-0.2, -0.15) is 4.98 Å². The molecular weight excluding hydrogens is 257 g/mol. The van der Waals surface area contributed by atoms with E-state index in [0.717, 1.165) is 31.8 Å². The van der Waals surface area contributed by atoms with E-state index in [1.165, 1.54) is 6.07 Å². The molecule has 20 heavy (non-hydrogen) atoms. The maximum absolute atomic E-state index is 13.5. The smallest absolute Gasteiger partial charge is 0.226 e. The first-order valence-electron chi connectivity index (χ1n) is 7.09. The van der Waals surface area contributed by atoms with E-state index in [-0.39, 0.29) is 5.82 Å². The van der Waals surface area contributed by atoms with Gasteiger partial charge in [0.1, 0.15) is 5.82 Å². The van der Waals surface area contributed by atoms with Crippen LogP contribution in [0.2, 0.25) is 0 Å². The quantitative estimate of drug-likeness (QED) is 0.931. The van der Waals surface area contributed by atoms with Crippen molar-refractivity contribution in [2.24, 2.45) is 0 Å². The van der Waals surface area contributed by atoms with Gasteiger partial charge in [-0.25, -0.2) is 4.39 Å². The lowest BCUT2D eigenvalue weighted by molar-refractivity contribution is 0.360. The average Bonchev–Trinajstić information content (AvgIpc) is 2.96. The molecule has 5 heteroatoms. The van der Waals surface area contributed by atoms with Crippen LogP contribution in [-0.2, 0) is 12.8 Å². The van der Waals surface area contributed by atoms with Crippen LogP contribution in [0, 0.1) is 5.82 Å². The molecule has 1 aliphatic rings. The van der Waals surface area contributed by atoms with E-state index in [9.17, 15) is 4.39 Å². The summed E-state index contributed by atoms with van der Waals surface area (Å²) in [5, 5.41) is 7.38. The van der Waals surface area contributed by atoms with Gasteiger partial charge in [-0.1, -0.05) is 23.4 Å². The molecule has 1 aromatic heterocycles. The highest BCUT2D eigenvalue weighted by Gasteiger charge is 2.20. The van der Waals surface area contributed by atoms with Crippen molar-refractivity contribution in [3.63, 3.8) is 0 Å². The Morgan fingerprint density at radius 1 is 1.20 bits per heavy atom. The summed E-state index contributed by atoms with van der Waals surface area (Å²) in [6, 6.07) is 6.80. The monoisotopic (exact) mass is 275 g/mol. The number of benzene rings is 1. The molecule has 1 N–H and O–H groups in total. The van der Waals surface area contributed by atoms with E-state index in [4.69, 9.17) is 4.52 Å². The number of nitrogens with zero attached hydrogens (tertiary/aromatic N) is 2. The van der Waals surface area contributed by atoms with Gasteiger partial charge in [0.15, 0.2) is 5.82 Å². The number of rotatable bonds is 4. The first-order valence-corrected chi connectivity index (χ1v) is 7.09. The van der Waals surface area contributed by atoms with Crippen LogP contribution in [0.4, 0.5) is 4.39 Å². The standard InChI is InChI=1S/C15H18FN3O/c16-13-4-2-1-3-11(13)5-6-14-18-15(19-20-14)12-7-9-17-10-8-12/h1-4,12,17H,5-10H2. The molecule has 2 aromatic rings. The van der Waals surface area contributed by atoms with Crippen molar-refractivity contribution in [1.29, 1.82) is 0 Å². The van der Waals surface area contributed by atoms with Crippen LogP contribution >= 0.6 is 0 Å². The zero-order valence-electron chi connectivity index (χ0n) is 11.3. The zero-order valence-corrected chi connectivity index (χ0v) is 11.3. The van der Waals surface area contributed by atoms with Crippen LogP contribution < -0.4 is 5.32 Å². The SMILES string of the molecule is Fc1ccccc1CCc1nc(C2CCNCC2)no1. The molecule has 1 saturated heterocycles. The van der Waals surface area contributed by atoms with E-state index in [0.29, 0.717) is 30.2 Å². The summed E-state index contributed by atoms with van der Waals surface area (Å²) in [5.74, 6) is 1.62. The second-order valence-corrected chi connectivity index (χ2v) is 5.16. The number of piperidine rings is 1. The van der Waals surface area contributed by atoms with E-state index < -0.39 is 0 Å². The van der Waals surface area contributed by atoms with Crippen molar-refractivity contribution in [1.82, 2.24) is 15.5 Å². The molecule has 1 fully saturated rings. The number of hydrogen-bond donors (Lipinski definition) is 1. The lowest BCUT2D eigenvalue weighted by Crippen LogP contribution is -2.27. The largest absolute Gasteiger partial charge is 0.339 e. The minimum atomic E-state index is -0.175. The van der Waals surface area contributed by atoms with Crippen molar-refractivity contribution in [2.45, 2.75) is 31.6 Å². The molecule has 0 saturated carbocycles. The van der Waals surface area contributed by atoms with Gasteiger partial charge >= 0.3 is 0 Å². The Labute approximate surface area is 117 Å². The van der Waals surface area contributed by atoms with Crippen molar-refractivity contribution in [2.75, 3.05) is 13.1 Å². The van der Waals surface area contributed by atoms with Gasteiger partial charge < -0.3 is 9.84 Å². The first kappa shape index (κ1) is 13.2. The summed E-state index contributed by atoms with van der Waals surface area (Å²) >= 11 is 0. The molecule has 0 spiro atoms. The Balaban J connectivity index is 1.61. The summed E-state index contributed by atoms with van der Waals surface area (Å²) in [6.07, 6.45) is 3.26. The van der Waals surface area contributed by atoms with Gasteiger partial charge in [-0.3, -0.25) is 0 Å². The average molecular weight is 275 g/mol. The van der Waals surface area contributed by atoms with Gasteiger partial charge in [0.2, 0.25) is 5.89 Å². The Morgan fingerprint density at radius 2 is 2.00 bits per heavy atom. The van der Waals surface area contributed by atoms with Crippen LogP contribution in [-0.4, -0.2) is 23.2 Å². The highest BCUT2D eigenvalue weighted by molar-refractivity contribution is 5.17. The van der Waals surface area contributed by atoms with E-state index in [1.54, 1.807) is 12.1 Å². The summed E-state index contributed by atoms with van der Waals surface area (Å²) < 4.78 is 18.8. The van der Waals surface area contributed by atoms with Crippen molar-refractivity contribution >= 4 is 0 Å². The highest BCUT2D eigenvalue weighted by atomic mass is 19.1. The lowest BCUT2D eigenvalue weighted by Gasteiger charge is -2.18. The minimum absolute atomic E-state index is 0.175. The maximum Gasteiger partial charge on any atom is 0.226 e. The van der Waals surface area contributed by atoms with Crippen LogP contribution in [0.5, 0.6) is 0 Å². The predicted octanol–water partition coefficient (Wildman–Crippen LogP) is 2.46. The van der Waals surface area contributed by atoms with Crippen LogP contribution in [0.25, 0.3) is 0 Å². The molecule has 3 rings (SSSR count). The summed E-state index contributed by atoms with van der Waals surface area (Å²) in [6.45, 7) is 2.01. The number of halogens is 1. The van der Waals surface area contributed by atoms with Crippen LogP contribution in [0.15, 0.2) is 28.8 Å². The summed E-state index contributed by atoms with van der Waals surface area (Å²) in [5.41, 5.74) is 0.689. The minimum Gasteiger partial charge on any atom is -0.339 e. The van der Waals surface area contributed by atoms with E-state index >= 15 is 0 Å². The van der Waals surface area contributed by atoms with Gasteiger partial charge in [-0.05, 0) is 44.0 Å². The molecule has 106 valence electrons. The molecule has 0 radical (unpaired) electrons. The Hall–Kier alpha value is -1.75. The van der Waals surface area contributed by atoms with E-state index in [2.05, 4.69) is 15.5 Å². The number of hydrogen-bond acceptors (Lipinski definition) is 4. The van der Waals surface area contributed by atoms with Gasteiger partial charge in [0.25, 0.3) is 0 Å². The zero-order chi connectivity index (χ0) is 13.8. The fraction of sp³-hybridized carbons (Fsp3) is 0.467. The highest BCUT2D eigenvalue weighted by Crippen LogP contribution is 2.22. The molecule has 0 aliphatic carbocycles. The summed E-state index contributed by atoms with van der Waals surface area (Å²) in [4.78, 5) is 4.45. The molecule has 0 atom stereocenters. The normalized spacial score (nSPS) is 16.4. The van der Waals surface area contributed by atoms with Crippen LogP contribution in [0.3, 0.4) is 0 Å². The third kappa shape index (κ3) is 3.04. The Morgan fingerprint density at radius 3 is 2.80 bits per heavy atom.